The second-order valence-electron chi connectivity index (χ2n) is 5.18. The molecule has 0 aromatic heterocycles. The molecular formula is C9H21PS3. The molecule has 0 aromatic rings. The Morgan fingerprint density at radius 1 is 0.846 bits per heavy atom. The van der Waals surface area contributed by atoms with Crippen molar-refractivity contribution in [1.29, 1.82) is 0 Å². The predicted octanol–water partition coefficient (Wildman–Crippen LogP) is 4.99. The largest absolute Gasteiger partial charge is 0.108 e. The fourth-order valence-corrected chi connectivity index (χ4v) is 17.5. The highest BCUT2D eigenvalue weighted by molar-refractivity contribution is 9.00. The highest BCUT2D eigenvalue weighted by atomic mass is 33.2. The van der Waals surface area contributed by atoms with Crippen LogP contribution in [0.4, 0.5) is 0 Å². The zero-order valence-corrected chi connectivity index (χ0v) is 13.0. The lowest BCUT2D eigenvalue weighted by atomic mass is 10.3. The molecule has 0 rings (SSSR count). The van der Waals surface area contributed by atoms with E-state index in [2.05, 4.69) is 48.2 Å². The fourth-order valence-electron chi connectivity index (χ4n) is 1.01. The van der Waals surface area contributed by atoms with E-state index in [1.54, 1.807) is 0 Å². The van der Waals surface area contributed by atoms with Crippen LogP contribution in [0.15, 0.2) is 0 Å². The molecule has 0 amide bonds. The van der Waals surface area contributed by atoms with Crippen molar-refractivity contribution in [3.05, 3.63) is 0 Å². The van der Waals surface area contributed by atoms with Gasteiger partial charge in [0.2, 0.25) is 0 Å². The predicted molar refractivity (Wildman–Crippen MR) is 74.9 cm³/mol. The molecule has 0 saturated carbocycles. The molecule has 4 heteroatoms. The van der Waals surface area contributed by atoms with Crippen molar-refractivity contribution in [3.8, 4) is 0 Å². The Kier molecular flexibility index (Phi) is 4.93. The third-order valence-electron chi connectivity index (χ3n) is 0.879. The lowest BCUT2D eigenvalue weighted by Crippen LogP contribution is -2.09. The Morgan fingerprint density at radius 2 is 1.08 bits per heavy atom. The Hall–Kier alpha value is 1.35. The van der Waals surface area contributed by atoms with E-state index in [1.165, 1.54) is 0 Å². The maximum Gasteiger partial charge on any atom is 0.0552 e. The minimum atomic E-state index is -1.27. The summed E-state index contributed by atoms with van der Waals surface area (Å²) >= 11 is 9.63. The van der Waals surface area contributed by atoms with Crippen LogP contribution in [0, 0.1) is 0 Å². The van der Waals surface area contributed by atoms with E-state index in [0.29, 0.717) is 9.49 Å². The van der Waals surface area contributed by atoms with E-state index < -0.39 is 4.44 Å². The van der Waals surface area contributed by atoms with Gasteiger partial charge < -0.3 is 0 Å². The summed E-state index contributed by atoms with van der Waals surface area (Å²) in [4.78, 5) is 0. The average molecular weight is 256 g/mol. The molecule has 13 heavy (non-hydrogen) atoms. The van der Waals surface area contributed by atoms with E-state index in [-0.39, 0.29) is 0 Å². The quantitative estimate of drug-likeness (QED) is 0.639. The second kappa shape index (κ2) is 4.47. The first-order valence-corrected chi connectivity index (χ1v) is 10.5. The second-order valence-corrected chi connectivity index (χ2v) is 19.3. The minimum absolute atomic E-state index is 0.294. The summed E-state index contributed by atoms with van der Waals surface area (Å²) in [6.07, 6.45) is 0. The first-order chi connectivity index (χ1) is 5.41. The van der Waals surface area contributed by atoms with Gasteiger partial charge in [-0.05, 0) is 6.66 Å². The van der Waals surface area contributed by atoms with Crippen molar-refractivity contribution in [1.82, 2.24) is 0 Å². The lowest BCUT2D eigenvalue weighted by molar-refractivity contribution is 0.808. The highest BCUT2D eigenvalue weighted by Crippen LogP contribution is 2.72. The van der Waals surface area contributed by atoms with Gasteiger partial charge in [-0.1, -0.05) is 53.3 Å². The summed E-state index contributed by atoms with van der Waals surface area (Å²) in [5.41, 5.74) is 0. The summed E-state index contributed by atoms with van der Waals surface area (Å²) in [7, 11) is 0. The van der Waals surface area contributed by atoms with Gasteiger partial charge in [-0.3, -0.25) is 0 Å². The lowest BCUT2D eigenvalue weighted by Gasteiger charge is -2.30. The maximum absolute atomic E-state index is 5.68. The van der Waals surface area contributed by atoms with Gasteiger partial charge in [0.1, 0.15) is 0 Å². The smallest absolute Gasteiger partial charge is 0.0552 e. The van der Waals surface area contributed by atoms with Crippen molar-refractivity contribution in [2.24, 2.45) is 0 Å². The first-order valence-electron chi connectivity index (χ1n) is 4.40. The fraction of sp³-hybridized carbons (Fsp3) is 1.00. The average Bonchev–Trinajstić information content (AvgIpc) is 1.43. The van der Waals surface area contributed by atoms with Gasteiger partial charge in [0.05, 0.1) is 4.44 Å². The molecule has 0 fully saturated rings. The Morgan fingerprint density at radius 3 is 1.23 bits per heavy atom. The van der Waals surface area contributed by atoms with Crippen molar-refractivity contribution < 1.29 is 0 Å². The molecule has 0 aliphatic heterocycles. The summed E-state index contributed by atoms with van der Waals surface area (Å²) < 4.78 is -0.681. The zero-order valence-electron chi connectivity index (χ0n) is 9.67. The molecule has 0 spiro atoms. The van der Waals surface area contributed by atoms with E-state index in [4.69, 9.17) is 11.8 Å². The molecule has 0 N–H and O–H groups in total. The van der Waals surface area contributed by atoms with Gasteiger partial charge in [0.25, 0.3) is 0 Å². The van der Waals surface area contributed by atoms with Gasteiger partial charge in [0, 0.05) is 9.49 Å². The monoisotopic (exact) mass is 256 g/mol. The standard InChI is InChI=1S/C9H21PS3/c1-8(2,3)12-10(7,11)13-9(4,5)6/h1-7H3. The van der Waals surface area contributed by atoms with Crippen molar-refractivity contribution >= 4 is 39.0 Å². The van der Waals surface area contributed by atoms with Crippen LogP contribution in [0.1, 0.15) is 41.5 Å². The number of rotatable bonds is 2. The molecular weight excluding hydrogens is 235 g/mol. The van der Waals surface area contributed by atoms with Gasteiger partial charge in [-0.15, -0.1) is 22.8 Å². The third kappa shape index (κ3) is 9.65. The summed E-state index contributed by atoms with van der Waals surface area (Å²) in [5, 5.41) is 0. The number of hydrogen-bond donors (Lipinski definition) is 0. The molecule has 0 unspecified atom stereocenters. The minimum Gasteiger partial charge on any atom is -0.108 e. The topological polar surface area (TPSA) is 0 Å². The van der Waals surface area contributed by atoms with Gasteiger partial charge in [-0.25, -0.2) is 0 Å². The normalized spacial score (nSPS) is 14.7. The highest BCUT2D eigenvalue weighted by Gasteiger charge is 2.26. The number of hydrogen-bond acceptors (Lipinski definition) is 3. The molecule has 0 heterocycles. The molecule has 0 aliphatic carbocycles. The Balaban J connectivity index is 4.35. The van der Waals surface area contributed by atoms with Gasteiger partial charge >= 0.3 is 0 Å². The zero-order chi connectivity index (χ0) is 10.9. The van der Waals surface area contributed by atoms with Crippen molar-refractivity contribution in [2.75, 3.05) is 6.66 Å². The van der Waals surface area contributed by atoms with Crippen LogP contribution in [0.25, 0.3) is 0 Å². The summed E-state index contributed by atoms with van der Waals surface area (Å²) in [5.74, 6) is 0. The Labute approximate surface area is 96.5 Å². The van der Waals surface area contributed by atoms with Crippen LogP contribution in [0.5, 0.6) is 0 Å². The van der Waals surface area contributed by atoms with E-state index in [9.17, 15) is 0 Å². The third-order valence-corrected chi connectivity index (χ3v) is 10.6. The summed E-state index contributed by atoms with van der Waals surface area (Å²) in [6.45, 7) is 15.7. The van der Waals surface area contributed by atoms with Crippen LogP contribution in [-0.2, 0) is 11.8 Å². The molecule has 0 nitrogen and oxygen atoms in total. The summed E-state index contributed by atoms with van der Waals surface area (Å²) in [6, 6.07) is 0. The van der Waals surface area contributed by atoms with Crippen molar-refractivity contribution in [3.63, 3.8) is 0 Å². The molecule has 0 aliphatic rings. The molecule has 0 aromatic carbocycles. The molecule has 80 valence electrons. The molecule has 0 saturated heterocycles. The molecule has 0 atom stereocenters. The van der Waals surface area contributed by atoms with Crippen LogP contribution in [0.3, 0.4) is 0 Å². The maximum atomic E-state index is 5.68. The Bertz CT molecular complexity index is 190. The SMILES string of the molecule is CC(C)(C)SP(C)(=S)SC(C)(C)C. The molecule has 0 radical (unpaired) electrons. The van der Waals surface area contributed by atoms with Crippen LogP contribution < -0.4 is 0 Å². The molecule has 0 bridgehead atoms. The van der Waals surface area contributed by atoms with Crippen molar-refractivity contribution in [2.45, 2.75) is 51.0 Å². The van der Waals surface area contributed by atoms with E-state index >= 15 is 0 Å². The van der Waals surface area contributed by atoms with Crippen LogP contribution >= 0.6 is 27.2 Å². The van der Waals surface area contributed by atoms with E-state index in [1.807, 2.05) is 22.8 Å². The van der Waals surface area contributed by atoms with Gasteiger partial charge in [-0.2, -0.15) is 0 Å². The van der Waals surface area contributed by atoms with Crippen LogP contribution in [0.2, 0.25) is 0 Å². The van der Waals surface area contributed by atoms with E-state index in [0.717, 1.165) is 0 Å². The van der Waals surface area contributed by atoms with Crippen LogP contribution in [-0.4, -0.2) is 16.2 Å². The first kappa shape index (κ1) is 14.3. The van der Waals surface area contributed by atoms with Gasteiger partial charge in [0.15, 0.2) is 0 Å².